The molecule has 0 fully saturated rings. The Labute approximate surface area is 389 Å². The highest BCUT2D eigenvalue weighted by Crippen LogP contribution is 2.54. The van der Waals surface area contributed by atoms with Crippen molar-refractivity contribution >= 4 is 82.5 Å². The van der Waals surface area contributed by atoms with Gasteiger partial charge >= 0.3 is 6.85 Å². The number of hydrogen-bond acceptors (Lipinski definition) is 2. The van der Waals surface area contributed by atoms with Crippen LogP contribution in [-0.2, 0) is 27.1 Å². The van der Waals surface area contributed by atoms with E-state index in [0.29, 0.717) is 0 Å². The van der Waals surface area contributed by atoms with Gasteiger partial charge in [0.25, 0.3) is 0 Å². The van der Waals surface area contributed by atoms with Gasteiger partial charge < -0.3 is 9.38 Å². The minimum absolute atomic E-state index is 0.0170. The van der Waals surface area contributed by atoms with Gasteiger partial charge in [0.2, 0.25) is 0 Å². The fourth-order valence-electron chi connectivity index (χ4n) is 12.8. The summed E-state index contributed by atoms with van der Waals surface area (Å²) in [5.41, 5.74) is 23.6. The number of benzene rings is 7. The lowest BCUT2D eigenvalue weighted by atomic mass is 9.43. The molecule has 4 aliphatic rings. The molecule has 13 rings (SSSR count). The first-order valence-corrected chi connectivity index (χ1v) is 24.9. The van der Waals surface area contributed by atoms with Gasteiger partial charge in [-0.25, -0.2) is 0 Å². The van der Waals surface area contributed by atoms with Crippen LogP contribution in [0.2, 0.25) is 0 Å². The second-order valence-corrected chi connectivity index (χ2v) is 25.1. The van der Waals surface area contributed by atoms with Crippen LogP contribution in [0.1, 0.15) is 129 Å². The normalized spacial score (nSPS) is 17.4. The zero-order valence-electron chi connectivity index (χ0n) is 40.3. The highest BCUT2D eigenvalue weighted by atomic mass is 32.1. The summed E-state index contributed by atoms with van der Waals surface area (Å²) in [5.74, 6) is 0. The maximum absolute atomic E-state index is 2.73. The minimum Gasteiger partial charge on any atom is -0.376 e. The molecule has 0 atom stereocenters. The van der Waals surface area contributed by atoms with Crippen LogP contribution in [0.4, 0.5) is 11.4 Å². The highest BCUT2D eigenvalue weighted by molar-refractivity contribution is 7.25. The van der Waals surface area contributed by atoms with E-state index in [1.165, 1.54) is 138 Å². The third-order valence-electron chi connectivity index (χ3n) is 16.8. The van der Waals surface area contributed by atoms with E-state index >= 15 is 0 Å². The van der Waals surface area contributed by atoms with Crippen molar-refractivity contribution in [1.82, 2.24) is 4.57 Å². The lowest BCUT2D eigenvalue weighted by molar-refractivity contribution is 0.332. The number of anilines is 2. The molecule has 7 aromatic carbocycles. The Morgan fingerprint density at radius 3 is 1.88 bits per heavy atom. The van der Waals surface area contributed by atoms with E-state index < -0.39 is 0 Å². The third-order valence-corrected chi connectivity index (χ3v) is 17.9. The molecule has 2 aliphatic heterocycles. The zero-order chi connectivity index (χ0) is 45.1. The Balaban J connectivity index is 1.16. The molecule has 65 heavy (non-hydrogen) atoms. The lowest BCUT2D eigenvalue weighted by Crippen LogP contribution is -2.60. The summed E-state index contributed by atoms with van der Waals surface area (Å²) in [6.07, 6.45) is 2.43. The van der Waals surface area contributed by atoms with Crippen LogP contribution in [0.25, 0.3) is 69.9 Å². The van der Waals surface area contributed by atoms with Crippen LogP contribution in [0.3, 0.4) is 0 Å². The number of fused-ring (bicyclic) bond motifs is 15. The minimum atomic E-state index is -0.0970. The second kappa shape index (κ2) is 12.4. The maximum Gasteiger partial charge on any atom is 0.333 e. The second-order valence-electron chi connectivity index (χ2n) is 24.1. The van der Waals surface area contributed by atoms with Crippen LogP contribution in [0, 0.1) is 0 Å². The molecule has 322 valence electrons. The summed E-state index contributed by atoms with van der Waals surface area (Å²) in [4.78, 5) is 2.73. The van der Waals surface area contributed by atoms with Crippen molar-refractivity contribution in [3.63, 3.8) is 0 Å². The van der Waals surface area contributed by atoms with E-state index in [9.17, 15) is 0 Å². The van der Waals surface area contributed by atoms with Gasteiger partial charge in [-0.15, -0.1) is 11.3 Å². The predicted octanol–water partition coefficient (Wildman–Crippen LogP) is 15.6. The lowest BCUT2D eigenvalue weighted by Gasteiger charge is -2.42. The van der Waals surface area contributed by atoms with Crippen molar-refractivity contribution in [3.8, 4) is 27.9 Å². The van der Waals surface area contributed by atoms with E-state index in [1.807, 2.05) is 11.3 Å². The number of hydrogen-bond donors (Lipinski definition) is 0. The molecular formula is C61H59BN2S. The molecule has 0 N–H and O–H groups in total. The Kier molecular flexibility index (Phi) is 7.61. The zero-order valence-corrected chi connectivity index (χ0v) is 41.1. The molecular weight excluding hydrogens is 804 g/mol. The van der Waals surface area contributed by atoms with Crippen molar-refractivity contribution in [2.75, 3.05) is 4.81 Å². The number of aromatic nitrogens is 1. The average molecular weight is 863 g/mol. The Morgan fingerprint density at radius 1 is 0.508 bits per heavy atom. The van der Waals surface area contributed by atoms with Gasteiger partial charge in [0.15, 0.2) is 0 Å². The molecule has 4 heteroatoms. The molecule has 0 bridgehead atoms. The molecule has 0 saturated heterocycles. The van der Waals surface area contributed by atoms with Gasteiger partial charge in [-0.2, -0.15) is 0 Å². The molecule has 2 nitrogen and oxygen atoms in total. The molecule has 4 heterocycles. The topological polar surface area (TPSA) is 8.17 Å². The summed E-state index contributed by atoms with van der Waals surface area (Å²) in [6, 6.07) is 46.5. The summed E-state index contributed by atoms with van der Waals surface area (Å²) in [7, 11) is 0. The summed E-state index contributed by atoms with van der Waals surface area (Å²) in [6.45, 7) is 28.7. The Hall–Kier alpha value is -5.58. The quantitative estimate of drug-likeness (QED) is 0.149. The van der Waals surface area contributed by atoms with Crippen LogP contribution >= 0.6 is 11.3 Å². The van der Waals surface area contributed by atoms with E-state index in [0.717, 1.165) is 0 Å². The van der Waals surface area contributed by atoms with Crippen LogP contribution in [0.15, 0.2) is 115 Å². The average Bonchev–Trinajstić information content (AvgIpc) is 3.86. The van der Waals surface area contributed by atoms with E-state index in [2.05, 4.69) is 208 Å². The molecule has 9 aromatic rings. The first-order chi connectivity index (χ1) is 30.7. The van der Waals surface area contributed by atoms with Crippen molar-refractivity contribution in [3.05, 3.63) is 149 Å². The number of rotatable bonds is 1. The fraction of sp³-hybridized carbons (Fsp3) is 0.311. The van der Waals surface area contributed by atoms with Crippen molar-refractivity contribution in [1.29, 1.82) is 0 Å². The highest BCUT2D eigenvalue weighted by Gasteiger charge is 2.46. The molecule has 2 aliphatic carbocycles. The summed E-state index contributed by atoms with van der Waals surface area (Å²) < 4.78 is 5.44. The Morgan fingerprint density at radius 2 is 1.15 bits per heavy atom. The van der Waals surface area contributed by atoms with E-state index in [-0.39, 0.29) is 33.9 Å². The van der Waals surface area contributed by atoms with E-state index in [4.69, 9.17) is 0 Å². The third kappa shape index (κ3) is 5.24. The summed E-state index contributed by atoms with van der Waals surface area (Å²) >= 11 is 1.98. The standard InChI is InChI=1S/C61H59BN2S/c1-57(2,3)34-17-20-36(21-18-34)64-52-33-54-43(44-30-47-48(32-53(44)65-54)60(9,10)26-25-59(47,7)8)29-41(52)38-22-23-39-42-28-40-37-15-13-14-16-45(37)61(11,12)46(40)31-51(42)63-50-24-19-35(58(4,5)6)27-49(50)62(64)55(38)56(39)63/h13-24,27-33H,25-26H2,1-12H3. The van der Waals surface area contributed by atoms with Crippen LogP contribution in [0.5, 0.6) is 0 Å². The van der Waals surface area contributed by atoms with Crippen molar-refractivity contribution < 1.29 is 0 Å². The van der Waals surface area contributed by atoms with Crippen molar-refractivity contribution in [2.45, 2.75) is 123 Å². The van der Waals surface area contributed by atoms with Crippen molar-refractivity contribution in [2.24, 2.45) is 0 Å². The predicted molar refractivity (Wildman–Crippen MR) is 283 cm³/mol. The molecule has 2 aromatic heterocycles. The molecule has 0 spiro atoms. The van der Waals surface area contributed by atoms with Gasteiger partial charge in [0.1, 0.15) is 0 Å². The van der Waals surface area contributed by atoms with Gasteiger partial charge in [0, 0.05) is 59.0 Å². The van der Waals surface area contributed by atoms with Gasteiger partial charge in [0.05, 0.1) is 11.0 Å². The van der Waals surface area contributed by atoms with Gasteiger partial charge in [-0.1, -0.05) is 144 Å². The largest absolute Gasteiger partial charge is 0.376 e. The summed E-state index contributed by atoms with van der Waals surface area (Å²) in [5, 5.41) is 5.46. The number of nitrogens with zero attached hydrogens (tertiary/aromatic N) is 2. The molecule has 0 unspecified atom stereocenters. The van der Waals surface area contributed by atoms with E-state index in [1.54, 1.807) is 0 Å². The van der Waals surface area contributed by atoms with Crippen LogP contribution in [-0.4, -0.2) is 11.4 Å². The Bertz CT molecular complexity index is 3600. The first kappa shape index (κ1) is 39.8. The SMILES string of the molecule is CC(C)(C)c1ccc(N2B3c4cc(C(C)(C)C)ccc4-n4c5cc6c(cc5c5ccc(c3c54)-c3cc4c(cc32)sc2cc3c(cc24)C(C)(C)CCC3(C)C)-c2ccccc2C6(C)C)cc1. The molecule has 0 saturated carbocycles. The monoisotopic (exact) mass is 862 g/mol. The maximum atomic E-state index is 2.73. The smallest absolute Gasteiger partial charge is 0.333 e. The van der Waals surface area contributed by atoms with Crippen LogP contribution < -0.4 is 15.7 Å². The fourth-order valence-corrected chi connectivity index (χ4v) is 13.9. The van der Waals surface area contributed by atoms with Gasteiger partial charge in [-0.05, 0) is 150 Å². The molecule has 0 amide bonds. The molecule has 0 radical (unpaired) electrons. The van der Waals surface area contributed by atoms with Gasteiger partial charge in [-0.3, -0.25) is 0 Å². The number of thiophene rings is 1. The first-order valence-electron chi connectivity index (χ1n) is 24.1.